The van der Waals surface area contributed by atoms with Gasteiger partial charge in [-0.2, -0.15) is 0 Å². The van der Waals surface area contributed by atoms with Crippen molar-refractivity contribution >= 4 is 22.9 Å². The van der Waals surface area contributed by atoms with Gasteiger partial charge in [0.05, 0.1) is 0 Å². The third-order valence-electron chi connectivity index (χ3n) is 3.70. The summed E-state index contributed by atoms with van der Waals surface area (Å²) in [4.78, 5) is 0. The van der Waals surface area contributed by atoms with E-state index < -0.39 is 0 Å². The van der Waals surface area contributed by atoms with E-state index in [-0.39, 0.29) is 0 Å². The highest BCUT2D eigenvalue weighted by Crippen LogP contribution is 2.18. The Morgan fingerprint density at radius 1 is 0.727 bits per heavy atom. The molecular weight excluding hydrogens is 264 g/mol. The number of rotatable bonds is 3. The maximum atomic E-state index is 3.78. The molecule has 0 unspecified atom stereocenters. The van der Waals surface area contributed by atoms with E-state index in [1.165, 1.54) is 27.5 Å². The van der Waals surface area contributed by atoms with Gasteiger partial charge in [0.1, 0.15) is 0 Å². The lowest BCUT2D eigenvalue weighted by molar-refractivity contribution is 1.13. The second kappa shape index (κ2) is 7.99. The van der Waals surface area contributed by atoms with Crippen molar-refractivity contribution in [2.75, 3.05) is 0 Å². The van der Waals surface area contributed by atoms with Gasteiger partial charge in [0, 0.05) is 0 Å². The van der Waals surface area contributed by atoms with Crippen LogP contribution in [0.15, 0.2) is 79.9 Å². The highest BCUT2D eigenvalue weighted by Gasteiger charge is 1.94. The Hall–Kier alpha value is -2.60. The Morgan fingerprint density at radius 3 is 2.00 bits per heavy atom. The van der Waals surface area contributed by atoms with Crippen molar-refractivity contribution in [1.29, 1.82) is 0 Å². The fraction of sp³-hybridized carbons (Fsp3) is 0.0909. The van der Waals surface area contributed by atoms with Crippen LogP contribution in [0.2, 0.25) is 0 Å². The number of fused-ring (bicyclic) bond motifs is 1. The molecule has 0 amide bonds. The molecule has 110 valence electrons. The van der Waals surface area contributed by atoms with E-state index >= 15 is 0 Å². The zero-order valence-electron chi connectivity index (χ0n) is 13.1. The SMILES string of the molecule is C=Cc1cccc2ccccc12.C=Cc1ccccc1CC. The van der Waals surface area contributed by atoms with Crippen LogP contribution >= 0.6 is 0 Å². The molecule has 0 radical (unpaired) electrons. The molecule has 0 aromatic heterocycles. The second-order valence-corrected chi connectivity index (χ2v) is 5.03. The molecular formula is C22H22. The molecule has 0 heterocycles. The van der Waals surface area contributed by atoms with E-state index in [9.17, 15) is 0 Å². The van der Waals surface area contributed by atoms with Gasteiger partial charge in [-0.15, -0.1) is 0 Å². The van der Waals surface area contributed by atoms with Gasteiger partial charge in [0.15, 0.2) is 0 Å². The first-order valence-electron chi connectivity index (χ1n) is 7.60. The molecule has 3 rings (SSSR count). The third-order valence-corrected chi connectivity index (χ3v) is 3.70. The van der Waals surface area contributed by atoms with Crippen LogP contribution in [0.4, 0.5) is 0 Å². The molecule has 3 aromatic rings. The molecule has 22 heavy (non-hydrogen) atoms. The van der Waals surface area contributed by atoms with Gasteiger partial charge in [0.25, 0.3) is 0 Å². The largest absolute Gasteiger partial charge is 0.0985 e. The molecule has 0 spiro atoms. The third kappa shape index (κ3) is 3.73. The minimum atomic E-state index is 1.09. The van der Waals surface area contributed by atoms with Crippen LogP contribution in [0.5, 0.6) is 0 Å². The summed E-state index contributed by atoms with van der Waals surface area (Å²) in [5.74, 6) is 0. The van der Waals surface area contributed by atoms with Crippen molar-refractivity contribution in [3.63, 3.8) is 0 Å². The number of benzene rings is 3. The van der Waals surface area contributed by atoms with E-state index in [4.69, 9.17) is 0 Å². The molecule has 0 aliphatic rings. The lowest BCUT2D eigenvalue weighted by Gasteiger charge is -1.99. The summed E-state index contributed by atoms with van der Waals surface area (Å²) in [6.45, 7) is 9.68. The van der Waals surface area contributed by atoms with Gasteiger partial charge < -0.3 is 0 Å². The predicted molar refractivity (Wildman–Crippen MR) is 100.0 cm³/mol. The Kier molecular flexibility index (Phi) is 5.73. The maximum absolute atomic E-state index is 3.78. The lowest BCUT2D eigenvalue weighted by Crippen LogP contribution is -1.83. The topological polar surface area (TPSA) is 0 Å². The Labute approximate surface area is 133 Å². The van der Waals surface area contributed by atoms with Crippen LogP contribution < -0.4 is 0 Å². The number of hydrogen-bond acceptors (Lipinski definition) is 0. The van der Waals surface area contributed by atoms with Gasteiger partial charge in [-0.1, -0.05) is 99.0 Å². The average Bonchev–Trinajstić information content (AvgIpc) is 2.61. The van der Waals surface area contributed by atoms with E-state index in [2.05, 4.69) is 80.7 Å². The molecule has 0 aliphatic carbocycles. The Morgan fingerprint density at radius 2 is 1.32 bits per heavy atom. The zero-order valence-corrected chi connectivity index (χ0v) is 13.1. The van der Waals surface area contributed by atoms with Crippen molar-refractivity contribution in [3.8, 4) is 0 Å². The Bertz CT molecular complexity index is 760. The predicted octanol–water partition coefficient (Wildman–Crippen LogP) is 6.37. The summed E-state index contributed by atoms with van der Waals surface area (Å²) < 4.78 is 0. The first kappa shape index (κ1) is 15.8. The molecule has 0 heteroatoms. The summed E-state index contributed by atoms with van der Waals surface area (Å²) in [7, 11) is 0. The summed E-state index contributed by atoms with van der Waals surface area (Å²) in [6, 6.07) is 22.9. The van der Waals surface area contributed by atoms with Crippen molar-refractivity contribution < 1.29 is 0 Å². The molecule has 0 N–H and O–H groups in total. The maximum Gasteiger partial charge on any atom is -0.0112 e. The molecule has 0 atom stereocenters. The van der Waals surface area contributed by atoms with E-state index in [0.717, 1.165) is 6.42 Å². The molecule has 0 saturated carbocycles. The highest BCUT2D eigenvalue weighted by atomic mass is 14.0. The quantitative estimate of drug-likeness (QED) is 0.524. The van der Waals surface area contributed by atoms with E-state index in [1.807, 2.05) is 18.2 Å². The standard InChI is InChI=1S/C12H10.C10H12/c1-2-10-7-5-8-11-6-3-4-9-12(10)11;1-3-9-7-5-6-8-10(9)4-2/h2-9H,1H2;3,5-8H,1,4H2,2H3. The first-order chi connectivity index (χ1) is 10.8. The first-order valence-corrected chi connectivity index (χ1v) is 7.60. The van der Waals surface area contributed by atoms with Crippen LogP contribution in [0.3, 0.4) is 0 Å². The minimum absolute atomic E-state index is 1.09. The smallest absolute Gasteiger partial charge is 0.0112 e. The highest BCUT2D eigenvalue weighted by molar-refractivity contribution is 5.90. The molecule has 3 aromatic carbocycles. The summed E-state index contributed by atoms with van der Waals surface area (Å²) in [5.41, 5.74) is 3.83. The average molecular weight is 286 g/mol. The normalized spacial score (nSPS) is 9.68. The molecule has 0 bridgehead atoms. The monoisotopic (exact) mass is 286 g/mol. The summed E-state index contributed by atoms with van der Waals surface area (Å²) in [5, 5.41) is 2.55. The summed E-state index contributed by atoms with van der Waals surface area (Å²) in [6.07, 6.45) is 4.88. The van der Waals surface area contributed by atoms with Gasteiger partial charge in [-0.05, 0) is 33.9 Å². The minimum Gasteiger partial charge on any atom is -0.0985 e. The van der Waals surface area contributed by atoms with Crippen LogP contribution in [0.1, 0.15) is 23.6 Å². The van der Waals surface area contributed by atoms with Crippen LogP contribution in [0, 0.1) is 0 Å². The molecule has 0 nitrogen and oxygen atoms in total. The number of aryl methyl sites for hydroxylation is 1. The Balaban J connectivity index is 0.000000164. The van der Waals surface area contributed by atoms with E-state index in [0.29, 0.717) is 0 Å². The van der Waals surface area contributed by atoms with Crippen LogP contribution in [-0.2, 0) is 6.42 Å². The van der Waals surface area contributed by atoms with Crippen LogP contribution in [-0.4, -0.2) is 0 Å². The second-order valence-electron chi connectivity index (χ2n) is 5.03. The lowest BCUT2D eigenvalue weighted by atomic mass is 10.1. The fourth-order valence-corrected chi connectivity index (χ4v) is 2.48. The molecule has 0 saturated heterocycles. The van der Waals surface area contributed by atoms with Gasteiger partial charge in [-0.3, -0.25) is 0 Å². The van der Waals surface area contributed by atoms with E-state index in [1.54, 1.807) is 0 Å². The number of hydrogen-bond donors (Lipinski definition) is 0. The van der Waals surface area contributed by atoms with Gasteiger partial charge in [-0.25, -0.2) is 0 Å². The fourth-order valence-electron chi connectivity index (χ4n) is 2.48. The van der Waals surface area contributed by atoms with Gasteiger partial charge >= 0.3 is 0 Å². The van der Waals surface area contributed by atoms with Crippen molar-refractivity contribution in [3.05, 3.63) is 96.6 Å². The molecule has 0 aliphatic heterocycles. The van der Waals surface area contributed by atoms with Crippen molar-refractivity contribution in [2.45, 2.75) is 13.3 Å². The summed E-state index contributed by atoms with van der Waals surface area (Å²) >= 11 is 0. The van der Waals surface area contributed by atoms with Crippen molar-refractivity contribution in [1.82, 2.24) is 0 Å². The van der Waals surface area contributed by atoms with Crippen LogP contribution in [0.25, 0.3) is 22.9 Å². The van der Waals surface area contributed by atoms with Gasteiger partial charge in [0.2, 0.25) is 0 Å². The molecule has 0 fully saturated rings. The zero-order chi connectivity index (χ0) is 15.8. The van der Waals surface area contributed by atoms with Crippen molar-refractivity contribution in [2.24, 2.45) is 0 Å².